The number of nitrogens with two attached hydrogens (primary N) is 1. The van der Waals surface area contributed by atoms with E-state index in [2.05, 4.69) is 20.8 Å². The van der Waals surface area contributed by atoms with Crippen LogP contribution in [0, 0.1) is 22.6 Å². The molecule has 3 atom stereocenters. The molecular formula is C18H26FNO. The minimum absolute atomic E-state index is 0.228. The monoisotopic (exact) mass is 291 g/mol. The first-order valence-corrected chi connectivity index (χ1v) is 7.97. The molecule has 0 aliphatic heterocycles. The standard InChI is InChI=1S/C18H26FNO/c1-17(2)14-6-7-18(17,3)16(9-14)21-11-12-4-5-15(19)13(8-12)10-20/h4-5,8,14,16H,6-7,9-11,20H2,1-3H3. The Kier molecular flexibility index (Phi) is 3.61. The van der Waals surface area contributed by atoms with Crippen LogP contribution in [0.15, 0.2) is 18.2 Å². The molecule has 1 aromatic carbocycles. The summed E-state index contributed by atoms with van der Waals surface area (Å²) < 4.78 is 19.7. The summed E-state index contributed by atoms with van der Waals surface area (Å²) in [6.07, 6.45) is 4.07. The summed E-state index contributed by atoms with van der Waals surface area (Å²) in [5.74, 6) is 0.551. The Morgan fingerprint density at radius 2 is 2.10 bits per heavy atom. The Morgan fingerprint density at radius 3 is 2.67 bits per heavy atom. The van der Waals surface area contributed by atoms with Crippen molar-refractivity contribution >= 4 is 0 Å². The lowest BCUT2D eigenvalue weighted by Gasteiger charge is -2.39. The van der Waals surface area contributed by atoms with Crippen LogP contribution in [0.25, 0.3) is 0 Å². The van der Waals surface area contributed by atoms with Crippen LogP contribution < -0.4 is 5.73 Å². The molecule has 3 rings (SSSR count). The number of rotatable bonds is 4. The number of hydrogen-bond donors (Lipinski definition) is 1. The second kappa shape index (κ2) is 5.06. The van der Waals surface area contributed by atoms with Gasteiger partial charge >= 0.3 is 0 Å². The summed E-state index contributed by atoms with van der Waals surface area (Å²) in [4.78, 5) is 0. The molecular weight excluding hydrogens is 265 g/mol. The van der Waals surface area contributed by atoms with E-state index in [0.29, 0.717) is 23.7 Å². The highest BCUT2D eigenvalue weighted by Crippen LogP contribution is 2.66. The summed E-state index contributed by atoms with van der Waals surface area (Å²) in [6, 6.07) is 5.12. The molecule has 0 radical (unpaired) electrons. The number of hydrogen-bond acceptors (Lipinski definition) is 2. The van der Waals surface area contributed by atoms with Crippen molar-refractivity contribution in [1.29, 1.82) is 0 Å². The molecule has 21 heavy (non-hydrogen) atoms. The molecule has 2 aliphatic rings. The molecule has 3 unspecified atom stereocenters. The van der Waals surface area contributed by atoms with Gasteiger partial charge in [-0.3, -0.25) is 0 Å². The van der Waals surface area contributed by atoms with Crippen LogP contribution in [-0.4, -0.2) is 6.10 Å². The molecule has 0 spiro atoms. The second-order valence-corrected chi connectivity index (χ2v) is 7.54. The van der Waals surface area contributed by atoms with Crippen LogP contribution in [0.3, 0.4) is 0 Å². The van der Waals surface area contributed by atoms with Gasteiger partial charge in [0.1, 0.15) is 5.82 Å². The summed E-state index contributed by atoms with van der Waals surface area (Å²) in [5, 5.41) is 0. The zero-order chi connectivity index (χ0) is 15.3. The maximum absolute atomic E-state index is 13.5. The van der Waals surface area contributed by atoms with Crippen LogP contribution in [-0.2, 0) is 17.9 Å². The zero-order valence-corrected chi connectivity index (χ0v) is 13.3. The SMILES string of the molecule is CC1(C)C2CCC1(C)C(OCc1ccc(F)c(CN)c1)C2. The molecule has 2 fully saturated rings. The van der Waals surface area contributed by atoms with E-state index in [1.807, 2.05) is 6.07 Å². The number of fused-ring (bicyclic) bond motifs is 2. The Hall–Kier alpha value is -0.930. The molecule has 2 N–H and O–H groups in total. The quantitative estimate of drug-likeness (QED) is 0.909. The smallest absolute Gasteiger partial charge is 0.127 e. The van der Waals surface area contributed by atoms with Crippen molar-refractivity contribution in [3.05, 3.63) is 35.1 Å². The normalized spacial score (nSPS) is 33.6. The summed E-state index contributed by atoms with van der Waals surface area (Å²) in [6.45, 7) is 7.93. The molecule has 0 amide bonds. The van der Waals surface area contributed by atoms with E-state index in [4.69, 9.17) is 10.5 Å². The largest absolute Gasteiger partial charge is 0.373 e. The topological polar surface area (TPSA) is 35.2 Å². The van der Waals surface area contributed by atoms with Gasteiger partial charge < -0.3 is 10.5 Å². The molecule has 3 heteroatoms. The van der Waals surface area contributed by atoms with Crippen molar-refractivity contribution in [2.24, 2.45) is 22.5 Å². The Balaban J connectivity index is 1.69. The first kappa shape index (κ1) is 15.0. The van der Waals surface area contributed by atoms with Gasteiger partial charge in [0.2, 0.25) is 0 Å². The fraction of sp³-hybridized carbons (Fsp3) is 0.667. The van der Waals surface area contributed by atoms with Crippen LogP contribution in [0.5, 0.6) is 0 Å². The van der Waals surface area contributed by atoms with Gasteiger partial charge in [-0.25, -0.2) is 4.39 Å². The molecule has 2 bridgehead atoms. The van der Waals surface area contributed by atoms with Crippen molar-refractivity contribution < 1.29 is 9.13 Å². The van der Waals surface area contributed by atoms with Gasteiger partial charge in [0.05, 0.1) is 12.7 Å². The number of halogens is 1. The second-order valence-electron chi connectivity index (χ2n) is 7.54. The van der Waals surface area contributed by atoms with Crippen LogP contribution in [0.2, 0.25) is 0 Å². The highest BCUT2D eigenvalue weighted by molar-refractivity contribution is 5.24. The van der Waals surface area contributed by atoms with Gasteiger partial charge in [0.15, 0.2) is 0 Å². The van der Waals surface area contributed by atoms with Crippen molar-refractivity contribution in [3.8, 4) is 0 Å². The van der Waals surface area contributed by atoms with Gasteiger partial charge in [-0.1, -0.05) is 26.8 Å². The van der Waals surface area contributed by atoms with E-state index in [9.17, 15) is 4.39 Å². The van der Waals surface area contributed by atoms with Gasteiger partial charge in [-0.05, 0) is 53.7 Å². The predicted octanol–water partition coefficient (Wildman–Crippen LogP) is 4.02. The Morgan fingerprint density at radius 1 is 1.33 bits per heavy atom. The van der Waals surface area contributed by atoms with E-state index < -0.39 is 0 Å². The third-order valence-corrected chi connectivity index (χ3v) is 6.50. The van der Waals surface area contributed by atoms with Gasteiger partial charge in [0, 0.05) is 12.1 Å². The van der Waals surface area contributed by atoms with Crippen LogP contribution >= 0.6 is 0 Å². The van der Waals surface area contributed by atoms with E-state index in [1.54, 1.807) is 6.07 Å². The highest BCUT2D eigenvalue weighted by Gasteiger charge is 2.61. The number of ether oxygens (including phenoxy) is 1. The summed E-state index contributed by atoms with van der Waals surface area (Å²) >= 11 is 0. The average molecular weight is 291 g/mol. The molecule has 2 aliphatic carbocycles. The minimum Gasteiger partial charge on any atom is -0.373 e. The molecule has 0 heterocycles. The lowest BCUT2D eigenvalue weighted by atomic mass is 9.70. The maximum atomic E-state index is 13.5. The Bertz CT molecular complexity index is 542. The lowest BCUT2D eigenvalue weighted by molar-refractivity contribution is -0.0550. The third kappa shape index (κ3) is 2.22. The molecule has 1 aromatic rings. The number of benzene rings is 1. The molecule has 0 saturated heterocycles. The molecule has 2 nitrogen and oxygen atoms in total. The average Bonchev–Trinajstić information content (AvgIpc) is 2.79. The van der Waals surface area contributed by atoms with Crippen molar-refractivity contribution in [2.75, 3.05) is 0 Å². The molecule has 2 saturated carbocycles. The summed E-state index contributed by atoms with van der Waals surface area (Å²) in [5.41, 5.74) is 7.78. The van der Waals surface area contributed by atoms with E-state index >= 15 is 0 Å². The summed E-state index contributed by atoms with van der Waals surface area (Å²) in [7, 11) is 0. The highest BCUT2D eigenvalue weighted by atomic mass is 19.1. The fourth-order valence-electron chi connectivity index (χ4n) is 4.45. The van der Waals surface area contributed by atoms with Crippen molar-refractivity contribution in [3.63, 3.8) is 0 Å². The van der Waals surface area contributed by atoms with E-state index in [0.717, 1.165) is 17.9 Å². The Labute approximate surface area is 126 Å². The van der Waals surface area contributed by atoms with Crippen molar-refractivity contribution in [2.45, 2.75) is 59.3 Å². The predicted molar refractivity (Wildman–Crippen MR) is 82.1 cm³/mol. The molecule has 116 valence electrons. The van der Waals surface area contributed by atoms with Crippen LogP contribution in [0.4, 0.5) is 4.39 Å². The zero-order valence-electron chi connectivity index (χ0n) is 13.3. The van der Waals surface area contributed by atoms with Gasteiger partial charge in [-0.2, -0.15) is 0 Å². The van der Waals surface area contributed by atoms with Crippen molar-refractivity contribution in [1.82, 2.24) is 0 Å². The minimum atomic E-state index is -0.228. The first-order chi connectivity index (χ1) is 9.88. The maximum Gasteiger partial charge on any atom is 0.127 e. The van der Waals surface area contributed by atoms with Gasteiger partial charge in [-0.15, -0.1) is 0 Å². The molecule has 0 aromatic heterocycles. The first-order valence-electron chi connectivity index (χ1n) is 7.97. The van der Waals surface area contributed by atoms with E-state index in [1.165, 1.54) is 18.9 Å². The van der Waals surface area contributed by atoms with Crippen LogP contribution in [0.1, 0.15) is 51.2 Å². The lowest BCUT2D eigenvalue weighted by Crippen LogP contribution is -2.37. The van der Waals surface area contributed by atoms with E-state index in [-0.39, 0.29) is 17.8 Å². The third-order valence-electron chi connectivity index (χ3n) is 6.50. The van der Waals surface area contributed by atoms with Gasteiger partial charge in [0.25, 0.3) is 0 Å². The fourth-order valence-corrected chi connectivity index (χ4v) is 4.45.